The van der Waals surface area contributed by atoms with Gasteiger partial charge in [-0.1, -0.05) is 35.9 Å². The molecule has 1 amide bonds. The molecular weight excluding hydrogens is 292 g/mol. The fraction of sp³-hybridized carbons (Fsp3) is 0.111. The molecule has 0 atom stereocenters. The Balaban J connectivity index is 1.65. The van der Waals surface area contributed by atoms with E-state index in [0.717, 1.165) is 16.7 Å². The molecule has 5 nitrogen and oxygen atoms in total. The number of amidine groups is 1. The maximum Gasteiger partial charge on any atom is 0.275 e. The number of fused-ring (bicyclic) bond motifs is 1. The normalized spacial score (nSPS) is 17.3. The van der Waals surface area contributed by atoms with Gasteiger partial charge in [0.2, 0.25) is 6.79 Å². The molecule has 2 aromatic carbocycles. The highest BCUT2D eigenvalue weighted by molar-refractivity contribution is 6.19. The SMILES string of the molecule is Cc1ccc(C2=NC(=Cc3ccc4c(c3)OCO4)C(=O)N2)cc1. The molecule has 2 aliphatic heterocycles. The lowest BCUT2D eigenvalue weighted by Crippen LogP contribution is -2.24. The Morgan fingerprint density at radius 2 is 1.87 bits per heavy atom. The van der Waals surface area contributed by atoms with Crippen LogP contribution < -0.4 is 14.8 Å². The van der Waals surface area contributed by atoms with Gasteiger partial charge in [-0.2, -0.15) is 0 Å². The topological polar surface area (TPSA) is 59.9 Å². The zero-order valence-electron chi connectivity index (χ0n) is 12.5. The first kappa shape index (κ1) is 13.6. The van der Waals surface area contributed by atoms with E-state index >= 15 is 0 Å². The molecule has 5 heteroatoms. The zero-order valence-corrected chi connectivity index (χ0v) is 12.5. The second kappa shape index (κ2) is 5.28. The third-order valence-corrected chi connectivity index (χ3v) is 3.72. The second-order valence-corrected chi connectivity index (χ2v) is 5.42. The number of ether oxygens (including phenoxy) is 2. The van der Waals surface area contributed by atoms with Crippen LogP contribution in [0.25, 0.3) is 6.08 Å². The van der Waals surface area contributed by atoms with E-state index in [0.29, 0.717) is 23.0 Å². The van der Waals surface area contributed by atoms with Crippen LogP contribution in [0.5, 0.6) is 11.5 Å². The number of aliphatic imine (C=N–C) groups is 1. The average molecular weight is 306 g/mol. The number of amides is 1. The van der Waals surface area contributed by atoms with Gasteiger partial charge in [0, 0.05) is 5.56 Å². The summed E-state index contributed by atoms with van der Waals surface area (Å²) in [7, 11) is 0. The van der Waals surface area contributed by atoms with Crippen LogP contribution in [-0.2, 0) is 4.79 Å². The predicted molar refractivity (Wildman–Crippen MR) is 86.4 cm³/mol. The van der Waals surface area contributed by atoms with Gasteiger partial charge in [0.25, 0.3) is 5.91 Å². The van der Waals surface area contributed by atoms with Crippen LogP contribution in [0.2, 0.25) is 0 Å². The summed E-state index contributed by atoms with van der Waals surface area (Å²) in [5.41, 5.74) is 3.26. The van der Waals surface area contributed by atoms with E-state index in [1.807, 2.05) is 49.4 Å². The van der Waals surface area contributed by atoms with Crippen LogP contribution >= 0.6 is 0 Å². The van der Waals surface area contributed by atoms with Crippen molar-refractivity contribution in [2.75, 3.05) is 6.79 Å². The van der Waals surface area contributed by atoms with Crippen molar-refractivity contribution >= 4 is 17.8 Å². The van der Waals surface area contributed by atoms with Gasteiger partial charge in [0.05, 0.1) is 0 Å². The molecule has 0 aliphatic carbocycles. The largest absolute Gasteiger partial charge is 0.454 e. The van der Waals surface area contributed by atoms with Gasteiger partial charge in [-0.3, -0.25) is 4.79 Å². The van der Waals surface area contributed by atoms with Crippen molar-refractivity contribution in [2.45, 2.75) is 6.92 Å². The van der Waals surface area contributed by atoms with E-state index in [2.05, 4.69) is 10.3 Å². The van der Waals surface area contributed by atoms with Gasteiger partial charge < -0.3 is 14.8 Å². The number of hydrogen-bond donors (Lipinski definition) is 1. The number of benzene rings is 2. The van der Waals surface area contributed by atoms with Crippen LogP contribution in [0, 0.1) is 6.92 Å². The summed E-state index contributed by atoms with van der Waals surface area (Å²) in [5.74, 6) is 1.76. The van der Waals surface area contributed by atoms with Crippen molar-refractivity contribution < 1.29 is 14.3 Å². The van der Waals surface area contributed by atoms with Crippen LogP contribution in [0.3, 0.4) is 0 Å². The van der Waals surface area contributed by atoms with Crippen molar-refractivity contribution in [1.82, 2.24) is 5.32 Å². The highest BCUT2D eigenvalue weighted by Crippen LogP contribution is 2.33. The highest BCUT2D eigenvalue weighted by Gasteiger charge is 2.21. The van der Waals surface area contributed by atoms with Gasteiger partial charge >= 0.3 is 0 Å². The first-order valence-electron chi connectivity index (χ1n) is 7.27. The summed E-state index contributed by atoms with van der Waals surface area (Å²) in [5, 5.41) is 2.80. The number of carbonyl (C=O) groups excluding carboxylic acids is 1. The molecule has 0 saturated heterocycles. The number of rotatable bonds is 2. The summed E-state index contributed by atoms with van der Waals surface area (Å²) in [6.45, 7) is 2.25. The first-order chi connectivity index (χ1) is 11.2. The summed E-state index contributed by atoms with van der Waals surface area (Å²) in [4.78, 5) is 16.5. The number of carbonyl (C=O) groups is 1. The molecule has 0 aromatic heterocycles. The Hall–Kier alpha value is -3.08. The van der Waals surface area contributed by atoms with E-state index in [-0.39, 0.29) is 12.7 Å². The lowest BCUT2D eigenvalue weighted by atomic mass is 10.1. The van der Waals surface area contributed by atoms with Gasteiger partial charge in [-0.15, -0.1) is 0 Å². The first-order valence-corrected chi connectivity index (χ1v) is 7.27. The molecule has 0 saturated carbocycles. The highest BCUT2D eigenvalue weighted by atomic mass is 16.7. The molecule has 0 fully saturated rings. The molecule has 2 aromatic rings. The summed E-state index contributed by atoms with van der Waals surface area (Å²) in [6, 6.07) is 13.4. The maximum absolute atomic E-state index is 12.1. The van der Waals surface area contributed by atoms with Crippen molar-refractivity contribution in [3.63, 3.8) is 0 Å². The Kier molecular flexibility index (Phi) is 3.12. The van der Waals surface area contributed by atoms with Crippen LogP contribution in [0.4, 0.5) is 0 Å². The lowest BCUT2D eigenvalue weighted by Gasteiger charge is -2.00. The molecule has 0 spiro atoms. The minimum absolute atomic E-state index is 0.210. The Morgan fingerprint density at radius 1 is 1.09 bits per heavy atom. The molecule has 4 rings (SSSR count). The third-order valence-electron chi connectivity index (χ3n) is 3.72. The van der Waals surface area contributed by atoms with Gasteiger partial charge in [-0.25, -0.2) is 4.99 Å². The monoisotopic (exact) mass is 306 g/mol. The maximum atomic E-state index is 12.1. The molecule has 23 heavy (non-hydrogen) atoms. The number of nitrogens with one attached hydrogen (secondary N) is 1. The molecule has 2 aliphatic rings. The molecule has 0 unspecified atom stereocenters. The minimum atomic E-state index is -0.210. The van der Waals surface area contributed by atoms with Gasteiger partial charge in [0.15, 0.2) is 11.5 Å². The molecule has 2 heterocycles. The predicted octanol–water partition coefficient (Wildman–Crippen LogP) is 2.64. The molecule has 1 N–H and O–H groups in total. The quantitative estimate of drug-likeness (QED) is 0.868. The van der Waals surface area contributed by atoms with Gasteiger partial charge in [0.1, 0.15) is 11.5 Å². The van der Waals surface area contributed by atoms with Crippen molar-refractivity contribution in [3.05, 3.63) is 64.9 Å². The Bertz CT molecular complexity index is 851. The van der Waals surface area contributed by atoms with Crippen LogP contribution in [0.1, 0.15) is 16.7 Å². The van der Waals surface area contributed by atoms with Crippen LogP contribution in [0.15, 0.2) is 53.2 Å². The van der Waals surface area contributed by atoms with Gasteiger partial charge in [-0.05, 0) is 30.7 Å². The molecule has 0 radical (unpaired) electrons. The van der Waals surface area contributed by atoms with E-state index in [4.69, 9.17) is 9.47 Å². The van der Waals surface area contributed by atoms with E-state index in [1.54, 1.807) is 6.08 Å². The Morgan fingerprint density at radius 3 is 2.70 bits per heavy atom. The number of nitrogens with zero attached hydrogens (tertiary/aromatic N) is 1. The lowest BCUT2D eigenvalue weighted by molar-refractivity contribution is -0.115. The van der Waals surface area contributed by atoms with E-state index < -0.39 is 0 Å². The van der Waals surface area contributed by atoms with E-state index in [1.165, 1.54) is 0 Å². The third kappa shape index (κ3) is 2.57. The fourth-order valence-electron chi connectivity index (χ4n) is 2.48. The van der Waals surface area contributed by atoms with Crippen molar-refractivity contribution in [1.29, 1.82) is 0 Å². The number of hydrogen-bond acceptors (Lipinski definition) is 4. The minimum Gasteiger partial charge on any atom is -0.454 e. The van der Waals surface area contributed by atoms with Crippen LogP contribution in [-0.4, -0.2) is 18.5 Å². The molecule has 0 bridgehead atoms. The molecular formula is C18H14N2O3. The van der Waals surface area contributed by atoms with Crippen molar-refractivity contribution in [2.24, 2.45) is 4.99 Å². The smallest absolute Gasteiger partial charge is 0.275 e. The van der Waals surface area contributed by atoms with E-state index in [9.17, 15) is 4.79 Å². The summed E-state index contributed by atoms with van der Waals surface area (Å²) >= 11 is 0. The Labute approximate surface area is 133 Å². The summed E-state index contributed by atoms with van der Waals surface area (Å²) < 4.78 is 10.6. The van der Waals surface area contributed by atoms with Crippen molar-refractivity contribution in [3.8, 4) is 11.5 Å². The number of aryl methyl sites for hydroxylation is 1. The standard InChI is InChI=1S/C18H14N2O3/c1-11-2-5-13(6-3-11)17-19-14(18(21)20-17)8-12-4-7-15-16(9-12)23-10-22-15/h2-9H,10H2,1H3,(H,19,20,21). The second-order valence-electron chi connectivity index (χ2n) is 5.42. The average Bonchev–Trinajstić information content (AvgIpc) is 3.15. The molecule has 114 valence electrons. The fourth-order valence-corrected chi connectivity index (χ4v) is 2.48. The summed E-state index contributed by atoms with van der Waals surface area (Å²) in [6.07, 6.45) is 1.73. The zero-order chi connectivity index (χ0) is 15.8.